The molecule has 0 unspecified atom stereocenters. The Hall–Kier alpha value is -0.380. The largest absolute Gasteiger partial charge is 0.314 e. The molecule has 1 aromatic heterocycles. The molecule has 1 aliphatic heterocycles. The molecule has 1 fully saturated rings. The molecular formula is C9H14N2S. The van der Waals surface area contributed by atoms with Crippen molar-refractivity contribution < 1.29 is 0 Å². The topological polar surface area (TPSA) is 24.1 Å². The molecule has 0 atom stereocenters. The standard InChI is InChI=1S/C9H14N2S/c1-2-9(12-5-1)3-4-11-8-6-10-7-8/h1-2,5,8,10-11H,3-4,6-7H2. The number of hydrogen-bond donors (Lipinski definition) is 2. The minimum atomic E-state index is 0.727. The maximum atomic E-state index is 3.50. The summed E-state index contributed by atoms with van der Waals surface area (Å²) in [7, 11) is 0. The first-order valence-corrected chi connectivity index (χ1v) is 5.29. The van der Waals surface area contributed by atoms with Gasteiger partial charge in [0, 0.05) is 30.6 Å². The van der Waals surface area contributed by atoms with E-state index in [1.165, 1.54) is 11.3 Å². The average molecular weight is 182 g/mol. The highest BCUT2D eigenvalue weighted by Crippen LogP contribution is 2.08. The Morgan fingerprint density at radius 2 is 2.50 bits per heavy atom. The number of rotatable bonds is 4. The molecule has 3 heteroatoms. The smallest absolute Gasteiger partial charge is 0.0317 e. The molecule has 0 aliphatic carbocycles. The van der Waals surface area contributed by atoms with E-state index >= 15 is 0 Å². The van der Waals surface area contributed by atoms with Crippen molar-refractivity contribution in [2.75, 3.05) is 19.6 Å². The van der Waals surface area contributed by atoms with Crippen molar-refractivity contribution in [3.63, 3.8) is 0 Å². The molecule has 2 N–H and O–H groups in total. The van der Waals surface area contributed by atoms with Gasteiger partial charge in [-0.15, -0.1) is 11.3 Å². The van der Waals surface area contributed by atoms with Gasteiger partial charge in [-0.1, -0.05) is 6.07 Å². The molecule has 2 nitrogen and oxygen atoms in total. The van der Waals surface area contributed by atoms with Crippen molar-refractivity contribution in [3.05, 3.63) is 22.4 Å². The third-order valence-electron chi connectivity index (χ3n) is 2.17. The molecular weight excluding hydrogens is 168 g/mol. The Labute approximate surface area is 77.0 Å². The maximum absolute atomic E-state index is 3.50. The minimum absolute atomic E-state index is 0.727. The Balaban J connectivity index is 1.62. The molecule has 0 saturated carbocycles. The average Bonchev–Trinajstić information content (AvgIpc) is 2.46. The van der Waals surface area contributed by atoms with Gasteiger partial charge in [-0.2, -0.15) is 0 Å². The van der Waals surface area contributed by atoms with Crippen LogP contribution in [-0.4, -0.2) is 25.7 Å². The van der Waals surface area contributed by atoms with Crippen LogP contribution in [0.3, 0.4) is 0 Å². The Bertz CT molecular complexity index is 216. The van der Waals surface area contributed by atoms with Crippen LogP contribution in [0.2, 0.25) is 0 Å². The maximum Gasteiger partial charge on any atom is 0.0317 e. The highest BCUT2D eigenvalue weighted by Gasteiger charge is 2.14. The molecule has 2 heterocycles. The van der Waals surface area contributed by atoms with Gasteiger partial charge >= 0.3 is 0 Å². The summed E-state index contributed by atoms with van der Waals surface area (Å²) in [6.45, 7) is 3.40. The van der Waals surface area contributed by atoms with Gasteiger partial charge in [-0.05, 0) is 17.9 Å². The second-order valence-electron chi connectivity index (χ2n) is 3.14. The van der Waals surface area contributed by atoms with Crippen LogP contribution in [0, 0.1) is 0 Å². The van der Waals surface area contributed by atoms with Crippen LogP contribution < -0.4 is 10.6 Å². The lowest BCUT2D eigenvalue weighted by Gasteiger charge is -2.28. The van der Waals surface area contributed by atoms with Gasteiger partial charge in [0.25, 0.3) is 0 Å². The summed E-state index contributed by atoms with van der Waals surface area (Å²) in [6.07, 6.45) is 1.17. The van der Waals surface area contributed by atoms with Crippen molar-refractivity contribution in [2.45, 2.75) is 12.5 Å². The predicted octanol–water partition coefficient (Wildman–Crippen LogP) is 0.852. The van der Waals surface area contributed by atoms with E-state index in [4.69, 9.17) is 0 Å². The van der Waals surface area contributed by atoms with Crippen LogP contribution in [-0.2, 0) is 6.42 Å². The Kier molecular flexibility index (Phi) is 2.76. The molecule has 0 amide bonds. The van der Waals surface area contributed by atoms with E-state index in [1.807, 2.05) is 11.3 Å². The molecule has 0 spiro atoms. The van der Waals surface area contributed by atoms with E-state index in [1.54, 1.807) is 0 Å². The Morgan fingerprint density at radius 1 is 1.58 bits per heavy atom. The summed E-state index contributed by atoms with van der Waals surface area (Å²) in [5, 5.41) is 8.89. The quantitative estimate of drug-likeness (QED) is 0.721. The first kappa shape index (κ1) is 8.23. The molecule has 2 rings (SSSR count). The van der Waals surface area contributed by atoms with Crippen molar-refractivity contribution >= 4 is 11.3 Å². The van der Waals surface area contributed by atoms with Gasteiger partial charge in [0.15, 0.2) is 0 Å². The fraction of sp³-hybridized carbons (Fsp3) is 0.556. The Morgan fingerprint density at radius 3 is 3.08 bits per heavy atom. The molecule has 0 bridgehead atoms. The molecule has 1 saturated heterocycles. The van der Waals surface area contributed by atoms with E-state index in [-0.39, 0.29) is 0 Å². The van der Waals surface area contributed by atoms with E-state index in [9.17, 15) is 0 Å². The van der Waals surface area contributed by atoms with Crippen LogP contribution in [0.5, 0.6) is 0 Å². The SMILES string of the molecule is c1csc(CCNC2CNC2)c1. The number of nitrogens with one attached hydrogen (secondary N) is 2. The van der Waals surface area contributed by atoms with Gasteiger partial charge < -0.3 is 10.6 Å². The molecule has 0 radical (unpaired) electrons. The summed E-state index contributed by atoms with van der Waals surface area (Å²) in [5.41, 5.74) is 0. The third-order valence-corrected chi connectivity index (χ3v) is 3.10. The third kappa shape index (κ3) is 2.06. The molecule has 66 valence electrons. The van der Waals surface area contributed by atoms with Crippen molar-refractivity contribution in [1.82, 2.24) is 10.6 Å². The molecule has 0 aromatic carbocycles. The van der Waals surface area contributed by atoms with Gasteiger partial charge in [0.05, 0.1) is 0 Å². The van der Waals surface area contributed by atoms with Crippen LogP contribution in [0.25, 0.3) is 0 Å². The zero-order chi connectivity index (χ0) is 8.23. The van der Waals surface area contributed by atoms with Gasteiger partial charge in [-0.3, -0.25) is 0 Å². The first-order valence-electron chi connectivity index (χ1n) is 4.41. The second-order valence-corrected chi connectivity index (χ2v) is 4.17. The predicted molar refractivity (Wildman–Crippen MR) is 52.7 cm³/mol. The van der Waals surface area contributed by atoms with Crippen molar-refractivity contribution in [1.29, 1.82) is 0 Å². The summed E-state index contributed by atoms with van der Waals surface area (Å²) >= 11 is 1.84. The highest BCUT2D eigenvalue weighted by molar-refractivity contribution is 7.09. The van der Waals surface area contributed by atoms with Crippen LogP contribution in [0.1, 0.15) is 4.88 Å². The van der Waals surface area contributed by atoms with Crippen molar-refractivity contribution in [3.8, 4) is 0 Å². The summed E-state index contributed by atoms with van der Waals surface area (Å²) in [5.74, 6) is 0. The van der Waals surface area contributed by atoms with E-state index in [0.29, 0.717) is 0 Å². The molecule has 1 aromatic rings. The van der Waals surface area contributed by atoms with Crippen LogP contribution >= 0.6 is 11.3 Å². The van der Waals surface area contributed by atoms with Gasteiger partial charge in [0.1, 0.15) is 0 Å². The normalized spacial score (nSPS) is 17.7. The van der Waals surface area contributed by atoms with E-state index < -0.39 is 0 Å². The fourth-order valence-electron chi connectivity index (χ4n) is 1.29. The summed E-state index contributed by atoms with van der Waals surface area (Å²) < 4.78 is 0. The van der Waals surface area contributed by atoms with E-state index in [0.717, 1.165) is 25.7 Å². The summed E-state index contributed by atoms with van der Waals surface area (Å²) in [4.78, 5) is 1.48. The van der Waals surface area contributed by atoms with Crippen molar-refractivity contribution in [2.24, 2.45) is 0 Å². The lowest BCUT2D eigenvalue weighted by atomic mass is 10.2. The second kappa shape index (κ2) is 4.03. The fourth-order valence-corrected chi connectivity index (χ4v) is 2.00. The minimum Gasteiger partial charge on any atom is -0.314 e. The van der Waals surface area contributed by atoms with Crippen LogP contribution in [0.4, 0.5) is 0 Å². The number of thiophene rings is 1. The van der Waals surface area contributed by atoms with E-state index in [2.05, 4.69) is 28.1 Å². The monoisotopic (exact) mass is 182 g/mol. The van der Waals surface area contributed by atoms with Gasteiger partial charge in [0.2, 0.25) is 0 Å². The molecule has 12 heavy (non-hydrogen) atoms. The zero-order valence-corrected chi connectivity index (χ0v) is 7.86. The summed E-state index contributed by atoms with van der Waals surface area (Å²) in [6, 6.07) is 5.04. The lowest BCUT2D eigenvalue weighted by molar-refractivity contribution is 0.369. The lowest BCUT2D eigenvalue weighted by Crippen LogP contribution is -2.55. The van der Waals surface area contributed by atoms with Gasteiger partial charge in [-0.25, -0.2) is 0 Å². The zero-order valence-electron chi connectivity index (χ0n) is 7.05. The first-order chi connectivity index (χ1) is 5.95. The molecule has 1 aliphatic rings. The number of hydrogen-bond acceptors (Lipinski definition) is 3. The highest BCUT2D eigenvalue weighted by atomic mass is 32.1. The van der Waals surface area contributed by atoms with Crippen LogP contribution in [0.15, 0.2) is 17.5 Å².